The van der Waals surface area contributed by atoms with Gasteiger partial charge >= 0.3 is 0 Å². The first-order chi connectivity index (χ1) is 11.4. The molecule has 1 aromatic carbocycles. The van der Waals surface area contributed by atoms with Crippen molar-refractivity contribution in [1.29, 1.82) is 0 Å². The molecule has 0 aliphatic carbocycles. The zero-order valence-electron chi connectivity index (χ0n) is 14.3. The van der Waals surface area contributed by atoms with Gasteiger partial charge in [-0.3, -0.25) is 0 Å². The van der Waals surface area contributed by atoms with E-state index >= 15 is 0 Å². The third kappa shape index (κ3) is 3.06. The van der Waals surface area contributed by atoms with Crippen LogP contribution in [0.1, 0.15) is 30.1 Å². The number of rotatable bonds is 4. The van der Waals surface area contributed by atoms with Gasteiger partial charge in [0.05, 0.1) is 7.11 Å². The number of piperidine rings is 1. The summed E-state index contributed by atoms with van der Waals surface area (Å²) in [4.78, 5) is 4.64. The van der Waals surface area contributed by atoms with Crippen LogP contribution in [-0.4, -0.2) is 42.5 Å². The Hall–Kier alpha value is -1.86. The lowest BCUT2D eigenvalue weighted by atomic mass is 9.97. The van der Waals surface area contributed by atoms with Crippen LogP contribution in [0.2, 0.25) is 0 Å². The molecule has 0 amide bonds. The minimum absolute atomic E-state index is 0.242. The average molecular weight is 349 g/mol. The van der Waals surface area contributed by atoms with Crippen LogP contribution >= 0.6 is 0 Å². The van der Waals surface area contributed by atoms with Crippen LogP contribution in [0.5, 0.6) is 5.75 Å². The Bertz CT molecular complexity index is 821. The Morgan fingerprint density at radius 3 is 2.54 bits per heavy atom. The summed E-state index contributed by atoms with van der Waals surface area (Å²) < 4.78 is 34.8. The molecule has 1 saturated heterocycles. The van der Waals surface area contributed by atoms with E-state index in [1.54, 1.807) is 28.7 Å². The van der Waals surface area contributed by atoms with E-state index in [0.717, 1.165) is 24.2 Å². The molecule has 2 heterocycles. The maximum Gasteiger partial charge on any atom is 0.246 e. The summed E-state index contributed by atoms with van der Waals surface area (Å²) in [7, 11) is -0.0669. The van der Waals surface area contributed by atoms with Crippen molar-refractivity contribution in [2.75, 3.05) is 20.2 Å². The monoisotopic (exact) mass is 349 g/mol. The summed E-state index contributed by atoms with van der Waals surface area (Å²) >= 11 is 0. The van der Waals surface area contributed by atoms with Crippen molar-refractivity contribution in [1.82, 2.24) is 13.9 Å². The maximum absolute atomic E-state index is 13.0. The second kappa shape index (κ2) is 6.57. The summed E-state index contributed by atoms with van der Waals surface area (Å²) in [5.74, 6) is 1.73. The van der Waals surface area contributed by atoms with Gasteiger partial charge in [0.15, 0.2) is 0 Å². The first kappa shape index (κ1) is 17.0. The molecular formula is C17H23N3O3S. The molecule has 0 N–H and O–H groups in total. The lowest BCUT2D eigenvalue weighted by Gasteiger charge is -2.31. The third-order valence-corrected chi connectivity index (χ3v) is 6.55. The molecule has 1 aliphatic rings. The third-order valence-electron chi connectivity index (χ3n) is 4.61. The molecule has 0 radical (unpaired) electrons. The van der Waals surface area contributed by atoms with Crippen LogP contribution in [0.15, 0.2) is 35.5 Å². The van der Waals surface area contributed by atoms with E-state index in [2.05, 4.69) is 4.98 Å². The van der Waals surface area contributed by atoms with Crippen molar-refractivity contribution in [3.8, 4) is 5.75 Å². The zero-order valence-corrected chi connectivity index (χ0v) is 15.1. The van der Waals surface area contributed by atoms with Crippen molar-refractivity contribution < 1.29 is 13.2 Å². The highest BCUT2D eigenvalue weighted by molar-refractivity contribution is 7.89. The molecule has 6 nitrogen and oxygen atoms in total. The normalized spacial score (nSPS) is 17.1. The minimum atomic E-state index is -3.54. The molecule has 1 fully saturated rings. The van der Waals surface area contributed by atoms with Gasteiger partial charge in [0.1, 0.15) is 16.5 Å². The van der Waals surface area contributed by atoms with Gasteiger partial charge in [-0.25, -0.2) is 13.4 Å². The highest BCUT2D eigenvalue weighted by Gasteiger charge is 2.32. The van der Waals surface area contributed by atoms with Crippen LogP contribution in [0.4, 0.5) is 0 Å². The molecule has 1 aromatic heterocycles. The van der Waals surface area contributed by atoms with Crippen LogP contribution in [0.25, 0.3) is 0 Å². The molecule has 1 aliphatic heterocycles. The van der Waals surface area contributed by atoms with Gasteiger partial charge in [0.2, 0.25) is 10.0 Å². The smallest absolute Gasteiger partial charge is 0.246 e. The number of imidazole rings is 1. The average Bonchev–Trinajstić information content (AvgIpc) is 3.00. The number of sulfonamides is 1. The van der Waals surface area contributed by atoms with E-state index in [9.17, 15) is 8.42 Å². The van der Waals surface area contributed by atoms with E-state index in [0.29, 0.717) is 24.8 Å². The highest BCUT2D eigenvalue weighted by Crippen LogP contribution is 2.32. The number of benzene rings is 1. The molecule has 7 heteroatoms. The summed E-state index contributed by atoms with van der Waals surface area (Å²) in [6.45, 7) is 2.91. The van der Waals surface area contributed by atoms with E-state index < -0.39 is 10.0 Å². The molecule has 0 saturated carbocycles. The van der Waals surface area contributed by atoms with Crippen molar-refractivity contribution >= 4 is 10.0 Å². The number of methoxy groups -OCH3 is 1. The molecule has 24 heavy (non-hydrogen) atoms. The zero-order chi connectivity index (χ0) is 17.3. The topological polar surface area (TPSA) is 64.4 Å². The first-order valence-corrected chi connectivity index (χ1v) is 9.49. The van der Waals surface area contributed by atoms with E-state index in [-0.39, 0.29) is 4.90 Å². The fourth-order valence-electron chi connectivity index (χ4n) is 3.25. The predicted octanol–water partition coefficient (Wildman–Crippen LogP) is 2.31. The van der Waals surface area contributed by atoms with Crippen LogP contribution in [-0.2, 0) is 17.1 Å². The second-order valence-corrected chi connectivity index (χ2v) is 8.14. The molecule has 130 valence electrons. The summed E-state index contributed by atoms with van der Waals surface area (Å²) in [5.41, 5.74) is 0.972. The lowest BCUT2D eigenvalue weighted by Crippen LogP contribution is -2.38. The molecule has 3 rings (SSSR count). The van der Waals surface area contributed by atoms with Crippen molar-refractivity contribution in [2.24, 2.45) is 7.05 Å². The highest BCUT2D eigenvalue weighted by atomic mass is 32.2. The largest absolute Gasteiger partial charge is 0.495 e. The number of ether oxygens (including phenoxy) is 1. The van der Waals surface area contributed by atoms with E-state index in [1.807, 2.05) is 24.7 Å². The maximum atomic E-state index is 13.0. The van der Waals surface area contributed by atoms with E-state index in [4.69, 9.17) is 4.74 Å². The van der Waals surface area contributed by atoms with Crippen molar-refractivity contribution in [3.63, 3.8) is 0 Å². The second-order valence-electron chi connectivity index (χ2n) is 6.23. The Kier molecular flexibility index (Phi) is 4.64. The molecule has 0 unspecified atom stereocenters. The Morgan fingerprint density at radius 1 is 1.25 bits per heavy atom. The van der Waals surface area contributed by atoms with Crippen molar-refractivity contribution in [2.45, 2.75) is 30.6 Å². The van der Waals surface area contributed by atoms with Gasteiger partial charge in [-0.1, -0.05) is 6.07 Å². The van der Waals surface area contributed by atoms with Gasteiger partial charge in [0, 0.05) is 38.4 Å². The summed E-state index contributed by atoms with van der Waals surface area (Å²) in [5, 5.41) is 0. The predicted molar refractivity (Wildman–Crippen MR) is 91.7 cm³/mol. The number of aryl methyl sites for hydroxylation is 2. The van der Waals surface area contributed by atoms with Gasteiger partial charge in [-0.15, -0.1) is 0 Å². The van der Waals surface area contributed by atoms with Gasteiger partial charge in [-0.05, 0) is 37.5 Å². The van der Waals surface area contributed by atoms with E-state index in [1.165, 1.54) is 7.11 Å². The van der Waals surface area contributed by atoms with Gasteiger partial charge in [0.25, 0.3) is 0 Å². The number of nitrogens with zero attached hydrogens (tertiary/aromatic N) is 3. The fourth-order valence-corrected chi connectivity index (χ4v) is 4.86. The van der Waals surface area contributed by atoms with Crippen molar-refractivity contribution in [3.05, 3.63) is 42.0 Å². The Labute approximate surface area is 143 Å². The Balaban J connectivity index is 1.79. The molecule has 2 aromatic rings. The minimum Gasteiger partial charge on any atom is -0.495 e. The molecular weight excluding hydrogens is 326 g/mol. The standard InChI is InChI=1S/C17H23N3O3S/c1-13-4-5-16(15(12-13)23-3)24(21,22)20-9-6-14(7-10-20)17-18-8-11-19(17)2/h4-5,8,11-12,14H,6-7,9-10H2,1-3H3. The van der Waals surface area contributed by atoms with Gasteiger partial charge in [-0.2, -0.15) is 4.31 Å². The number of hydrogen-bond donors (Lipinski definition) is 0. The molecule has 0 spiro atoms. The number of aromatic nitrogens is 2. The Morgan fingerprint density at radius 2 is 1.96 bits per heavy atom. The molecule has 0 bridgehead atoms. The van der Waals surface area contributed by atoms with Crippen LogP contribution < -0.4 is 4.74 Å². The first-order valence-electron chi connectivity index (χ1n) is 8.05. The van der Waals surface area contributed by atoms with Crippen LogP contribution in [0, 0.1) is 6.92 Å². The van der Waals surface area contributed by atoms with Crippen LogP contribution in [0.3, 0.4) is 0 Å². The fraction of sp³-hybridized carbons (Fsp3) is 0.471. The SMILES string of the molecule is COc1cc(C)ccc1S(=O)(=O)N1CCC(c2nccn2C)CC1. The summed E-state index contributed by atoms with van der Waals surface area (Å²) in [6.07, 6.45) is 5.27. The summed E-state index contributed by atoms with van der Waals surface area (Å²) in [6, 6.07) is 5.19. The van der Waals surface area contributed by atoms with Gasteiger partial charge < -0.3 is 9.30 Å². The quantitative estimate of drug-likeness (QED) is 0.850. The lowest BCUT2D eigenvalue weighted by molar-refractivity contribution is 0.309. The molecule has 0 atom stereocenters. The number of hydrogen-bond acceptors (Lipinski definition) is 4.